The lowest BCUT2D eigenvalue weighted by Crippen LogP contribution is -2.26. The molecule has 0 saturated carbocycles. The molecule has 4 heteroatoms. The first-order chi connectivity index (χ1) is 8.63. The topological polar surface area (TPSA) is 21.3 Å². The van der Waals surface area contributed by atoms with Crippen molar-refractivity contribution in [2.24, 2.45) is 5.92 Å². The second-order valence-electron chi connectivity index (χ2n) is 4.80. The Kier molecular flexibility index (Phi) is 4.91. The van der Waals surface area contributed by atoms with Crippen LogP contribution in [0.4, 0.5) is 0 Å². The van der Waals surface area contributed by atoms with Gasteiger partial charge in [-0.3, -0.25) is 0 Å². The molecule has 1 aromatic carbocycles. The normalized spacial score (nSPS) is 27.7. The van der Waals surface area contributed by atoms with Crippen LogP contribution < -0.4 is 5.32 Å². The molecule has 3 atom stereocenters. The molecule has 2 unspecified atom stereocenters. The Hall–Kier alpha value is -0.280. The van der Waals surface area contributed by atoms with E-state index in [1.807, 2.05) is 19.1 Å². The predicted molar refractivity (Wildman–Crippen MR) is 76.7 cm³/mol. The van der Waals surface area contributed by atoms with Crippen molar-refractivity contribution in [3.8, 4) is 0 Å². The van der Waals surface area contributed by atoms with Crippen LogP contribution in [0, 0.1) is 5.92 Å². The Morgan fingerprint density at radius 1 is 1.33 bits per heavy atom. The maximum absolute atomic E-state index is 6.10. The average molecular weight is 288 g/mol. The van der Waals surface area contributed by atoms with Gasteiger partial charge in [0.1, 0.15) is 0 Å². The van der Waals surface area contributed by atoms with Gasteiger partial charge in [-0.1, -0.05) is 29.3 Å². The molecular formula is C14H19Cl2NO. The number of hydrogen-bond donors (Lipinski definition) is 1. The summed E-state index contributed by atoms with van der Waals surface area (Å²) in [7, 11) is 0. The molecule has 1 N–H and O–H groups in total. The molecule has 1 fully saturated rings. The number of nitrogens with one attached hydrogen (secondary N) is 1. The van der Waals surface area contributed by atoms with Crippen molar-refractivity contribution in [1.29, 1.82) is 0 Å². The fourth-order valence-corrected chi connectivity index (χ4v) is 2.89. The highest BCUT2D eigenvalue weighted by atomic mass is 35.5. The summed E-state index contributed by atoms with van der Waals surface area (Å²) in [4.78, 5) is 0. The zero-order chi connectivity index (χ0) is 13.1. The summed E-state index contributed by atoms with van der Waals surface area (Å²) < 4.78 is 5.59. The van der Waals surface area contributed by atoms with Crippen LogP contribution in [0.1, 0.15) is 25.3 Å². The van der Waals surface area contributed by atoms with Gasteiger partial charge in [-0.2, -0.15) is 0 Å². The molecular weight excluding hydrogens is 269 g/mol. The first kappa shape index (κ1) is 14.1. The van der Waals surface area contributed by atoms with Gasteiger partial charge in [0, 0.05) is 31.0 Å². The monoisotopic (exact) mass is 287 g/mol. The van der Waals surface area contributed by atoms with Crippen LogP contribution in [0.5, 0.6) is 0 Å². The SMILES string of the molecule is CCOCC1C(c2ccc(Cl)c(Cl)c2)CN[C@H]1C. The van der Waals surface area contributed by atoms with E-state index in [-0.39, 0.29) is 0 Å². The van der Waals surface area contributed by atoms with Crippen molar-refractivity contribution in [3.63, 3.8) is 0 Å². The first-order valence-corrected chi connectivity index (χ1v) is 7.15. The molecule has 1 saturated heterocycles. The van der Waals surface area contributed by atoms with E-state index < -0.39 is 0 Å². The molecule has 2 nitrogen and oxygen atoms in total. The van der Waals surface area contributed by atoms with Gasteiger partial charge in [-0.05, 0) is 31.5 Å². The predicted octanol–water partition coefficient (Wildman–Crippen LogP) is 3.72. The quantitative estimate of drug-likeness (QED) is 0.911. The van der Waals surface area contributed by atoms with E-state index in [4.69, 9.17) is 27.9 Å². The molecule has 1 aliphatic heterocycles. The summed E-state index contributed by atoms with van der Waals surface area (Å²) >= 11 is 12.1. The van der Waals surface area contributed by atoms with Crippen molar-refractivity contribution in [1.82, 2.24) is 5.32 Å². The number of hydrogen-bond acceptors (Lipinski definition) is 2. The smallest absolute Gasteiger partial charge is 0.0595 e. The number of rotatable bonds is 4. The molecule has 100 valence electrons. The third-order valence-electron chi connectivity index (χ3n) is 3.71. The lowest BCUT2D eigenvalue weighted by atomic mass is 9.86. The molecule has 0 spiro atoms. The van der Waals surface area contributed by atoms with Gasteiger partial charge in [0.15, 0.2) is 0 Å². The minimum absolute atomic E-state index is 0.446. The minimum atomic E-state index is 0.446. The van der Waals surface area contributed by atoms with E-state index in [0.717, 1.165) is 19.8 Å². The van der Waals surface area contributed by atoms with E-state index in [1.165, 1.54) is 5.56 Å². The van der Waals surface area contributed by atoms with Crippen molar-refractivity contribution in [2.75, 3.05) is 19.8 Å². The van der Waals surface area contributed by atoms with Crippen molar-refractivity contribution in [3.05, 3.63) is 33.8 Å². The molecule has 0 bridgehead atoms. The summed E-state index contributed by atoms with van der Waals surface area (Å²) in [6.07, 6.45) is 0. The maximum atomic E-state index is 6.10. The number of halogens is 2. The molecule has 0 radical (unpaired) electrons. The van der Waals surface area contributed by atoms with Gasteiger partial charge >= 0.3 is 0 Å². The molecule has 1 heterocycles. The van der Waals surface area contributed by atoms with Crippen LogP contribution in [0.2, 0.25) is 10.0 Å². The summed E-state index contributed by atoms with van der Waals surface area (Å²) in [6, 6.07) is 6.39. The Bertz CT molecular complexity index is 411. The Labute approximate surface area is 119 Å². The van der Waals surface area contributed by atoms with Crippen LogP contribution in [0.25, 0.3) is 0 Å². The van der Waals surface area contributed by atoms with Crippen LogP contribution in [-0.4, -0.2) is 25.8 Å². The number of benzene rings is 1. The fraction of sp³-hybridized carbons (Fsp3) is 0.571. The van der Waals surface area contributed by atoms with Crippen LogP contribution in [0.3, 0.4) is 0 Å². The Balaban J connectivity index is 2.17. The fourth-order valence-electron chi connectivity index (χ4n) is 2.59. The molecule has 0 aromatic heterocycles. The molecule has 0 aliphatic carbocycles. The van der Waals surface area contributed by atoms with Crippen LogP contribution in [-0.2, 0) is 4.74 Å². The second kappa shape index (κ2) is 6.25. The van der Waals surface area contributed by atoms with E-state index in [1.54, 1.807) is 0 Å². The largest absolute Gasteiger partial charge is 0.381 e. The highest BCUT2D eigenvalue weighted by Crippen LogP contribution is 2.35. The highest BCUT2D eigenvalue weighted by molar-refractivity contribution is 6.42. The van der Waals surface area contributed by atoms with E-state index in [9.17, 15) is 0 Å². The van der Waals surface area contributed by atoms with E-state index in [0.29, 0.717) is 27.9 Å². The van der Waals surface area contributed by atoms with Gasteiger partial charge in [0.2, 0.25) is 0 Å². The zero-order valence-corrected chi connectivity index (χ0v) is 12.3. The van der Waals surface area contributed by atoms with Gasteiger partial charge in [0.25, 0.3) is 0 Å². The average Bonchev–Trinajstić information content (AvgIpc) is 2.72. The zero-order valence-electron chi connectivity index (χ0n) is 10.7. The van der Waals surface area contributed by atoms with Gasteiger partial charge < -0.3 is 10.1 Å². The van der Waals surface area contributed by atoms with Crippen LogP contribution >= 0.6 is 23.2 Å². The highest BCUT2D eigenvalue weighted by Gasteiger charge is 2.34. The van der Waals surface area contributed by atoms with Gasteiger partial charge in [-0.25, -0.2) is 0 Å². The Morgan fingerprint density at radius 3 is 2.78 bits per heavy atom. The third-order valence-corrected chi connectivity index (χ3v) is 4.44. The standard InChI is InChI=1S/C14H19Cl2NO/c1-3-18-8-12-9(2)17-7-11(12)10-4-5-13(15)14(16)6-10/h4-6,9,11-12,17H,3,7-8H2,1-2H3/t9-,11?,12?/m0/s1. The lowest BCUT2D eigenvalue weighted by Gasteiger charge is -2.22. The first-order valence-electron chi connectivity index (χ1n) is 6.39. The molecule has 2 rings (SSSR count). The maximum Gasteiger partial charge on any atom is 0.0595 e. The molecule has 1 aromatic rings. The van der Waals surface area contributed by atoms with Crippen molar-refractivity contribution < 1.29 is 4.74 Å². The van der Waals surface area contributed by atoms with Gasteiger partial charge in [-0.15, -0.1) is 0 Å². The van der Waals surface area contributed by atoms with Gasteiger partial charge in [0.05, 0.1) is 16.7 Å². The minimum Gasteiger partial charge on any atom is -0.381 e. The molecule has 18 heavy (non-hydrogen) atoms. The Morgan fingerprint density at radius 2 is 2.11 bits per heavy atom. The second-order valence-corrected chi connectivity index (χ2v) is 5.61. The molecule has 1 aliphatic rings. The van der Waals surface area contributed by atoms with Crippen LogP contribution in [0.15, 0.2) is 18.2 Å². The van der Waals surface area contributed by atoms with Crippen molar-refractivity contribution >= 4 is 23.2 Å². The van der Waals surface area contributed by atoms with Crippen molar-refractivity contribution in [2.45, 2.75) is 25.8 Å². The summed E-state index contributed by atoms with van der Waals surface area (Å²) in [5, 5.41) is 4.75. The summed E-state index contributed by atoms with van der Waals surface area (Å²) in [5.41, 5.74) is 1.24. The summed E-state index contributed by atoms with van der Waals surface area (Å²) in [6.45, 7) is 6.76. The van der Waals surface area contributed by atoms with E-state index in [2.05, 4.69) is 18.3 Å². The summed E-state index contributed by atoms with van der Waals surface area (Å²) in [5.74, 6) is 0.934. The number of ether oxygens (including phenoxy) is 1. The molecule has 0 amide bonds. The van der Waals surface area contributed by atoms with E-state index >= 15 is 0 Å². The third kappa shape index (κ3) is 3.00. The lowest BCUT2D eigenvalue weighted by molar-refractivity contribution is 0.102.